The number of aryl methyl sites for hydroxylation is 2. The minimum Gasteiger partial charge on any atom is -0.306 e. The van der Waals surface area contributed by atoms with E-state index in [2.05, 4.69) is 103 Å². The fraction of sp³-hybridized carbons (Fsp3) is 0.729. The molecule has 0 radical (unpaired) electrons. The molecule has 4 heterocycles. The molecule has 1 aromatic carbocycles. The maximum Gasteiger partial charge on any atom is 0.233 e. The van der Waals surface area contributed by atoms with E-state index in [1.807, 2.05) is 46.3 Å². The number of carbonyl (C=O) groups is 3. The van der Waals surface area contributed by atoms with Crippen molar-refractivity contribution in [3.05, 3.63) is 46.5 Å². The Bertz CT molecular complexity index is 1730. The Morgan fingerprint density at radius 3 is 1.64 bits per heavy atom. The number of imide groups is 1. The number of likely N-dealkylation sites (tertiary alicyclic amines) is 2. The van der Waals surface area contributed by atoms with Crippen molar-refractivity contribution in [2.45, 2.75) is 149 Å². The van der Waals surface area contributed by atoms with E-state index in [1.54, 1.807) is 7.05 Å². The first-order valence-electron chi connectivity index (χ1n) is 21.6. The normalized spacial score (nSPS) is 16.4. The molecule has 3 aromatic rings. The highest BCUT2D eigenvalue weighted by molar-refractivity contribution is 6.03. The van der Waals surface area contributed by atoms with Crippen LogP contribution in [0.2, 0.25) is 0 Å². The van der Waals surface area contributed by atoms with Crippen LogP contribution < -0.4 is 0 Å². The van der Waals surface area contributed by atoms with Crippen molar-refractivity contribution in [3.8, 4) is 0 Å². The van der Waals surface area contributed by atoms with E-state index in [1.165, 1.54) is 33.2 Å². The van der Waals surface area contributed by atoms with Gasteiger partial charge in [0.25, 0.3) is 0 Å². The molecule has 1 unspecified atom stereocenters. The molecule has 2 aliphatic heterocycles. The molecular formula is C48H83N7O3. The van der Waals surface area contributed by atoms with Gasteiger partial charge >= 0.3 is 0 Å². The molecule has 2 fully saturated rings. The summed E-state index contributed by atoms with van der Waals surface area (Å²) in [6.45, 7) is 32.1. The van der Waals surface area contributed by atoms with Crippen molar-refractivity contribution in [2.75, 3.05) is 27.2 Å². The van der Waals surface area contributed by atoms with E-state index < -0.39 is 0 Å². The fourth-order valence-electron chi connectivity index (χ4n) is 7.14. The molecule has 0 spiro atoms. The number of carbonyl (C=O) groups excluding carboxylic acids is 3. The van der Waals surface area contributed by atoms with Gasteiger partial charge in [-0.05, 0) is 112 Å². The second-order valence-corrected chi connectivity index (χ2v) is 19.7. The van der Waals surface area contributed by atoms with Crippen LogP contribution in [0.3, 0.4) is 0 Å². The lowest BCUT2D eigenvalue weighted by molar-refractivity contribution is -0.138. The van der Waals surface area contributed by atoms with Crippen molar-refractivity contribution in [3.63, 3.8) is 0 Å². The van der Waals surface area contributed by atoms with Gasteiger partial charge < -0.3 is 4.90 Å². The van der Waals surface area contributed by atoms with E-state index in [9.17, 15) is 14.4 Å². The third-order valence-corrected chi connectivity index (χ3v) is 10.5. The summed E-state index contributed by atoms with van der Waals surface area (Å²) in [5.41, 5.74) is 8.04. The average Bonchev–Trinajstić information content (AvgIpc) is 3.57. The van der Waals surface area contributed by atoms with Crippen molar-refractivity contribution in [1.82, 2.24) is 34.8 Å². The third kappa shape index (κ3) is 17.0. The number of Topliss-reactive ketones (excluding diaryl/α,β-unsaturated/α-hetero) is 1. The van der Waals surface area contributed by atoms with Crippen molar-refractivity contribution in [2.24, 2.45) is 53.9 Å². The number of piperidine rings is 1. The molecule has 10 heteroatoms. The predicted octanol–water partition coefficient (Wildman–Crippen LogP) is 9.77. The minimum absolute atomic E-state index is 0. The van der Waals surface area contributed by atoms with Gasteiger partial charge in [-0.2, -0.15) is 0 Å². The zero-order chi connectivity index (χ0) is 43.4. The SMILES string of the molecule is C.CC(C)C(=O)C1CCN(C)CC1.CC(C)Cc1nnn(C)c1CC(C)C.CN1C(=O)CC(C(C)(C)C)C1=O.Cc1ccc2nc(CC(C)C)c(CC(C)C)nc2c1. The van der Waals surface area contributed by atoms with Gasteiger partial charge in [0.1, 0.15) is 5.78 Å². The van der Waals surface area contributed by atoms with Crippen LogP contribution in [0.4, 0.5) is 0 Å². The number of rotatable bonds is 10. The molecule has 10 nitrogen and oxygen atoms in total. The van der Waals surface area contributed by atoms with Crippen LogP contribution in [-0.4, -0.2) is 79.5 Å². The van der Waals surface area contributed by atoms with Gasteiger partial charge in [0.05, 0.1) is 39.7 Å². The standard InChI is InChI=1S/C17H24N2.C11H21N3.C10H19NO.C9H15NO2.CH4/c1-11(2)8-15-16(9-12(3)4)19-17-10-13(5)6-7-14(17)18-15;1-8(2)6-10-11(7-9(3)4)14(5)13-12-10;1-8(2)10(12)9-4-6-11(3)7-5-9;1-9(2,3)6-5-7(11)10(4)8(6)12;/h6-7,10-12H,8-9H2,1-5H3;8-9H,6-7H2,1-5H3;8-9H,4-7H2,1-3H3;6H,5H2,1-4H3;1H4. The van der Waals surface area contributed by atoms with Crippen LogP contribution in [0.1, 0.15) is 145 Å². The van der Waals surface area contributed by atoms with Gasteiger partial charge in [0.2, 0.25) is 11.8 Å². The summed E-state index contributed by atoms with van der Waals surface area (Å²) in [6.07, 6.45) is 6.64. The molecule has 2 aromatic heterocycles. The van der Waals surface area contributed by atoms with E-state index in [4.69, 9.17) is 9.97 Å². The van der Waals surface area contributed by atoms with Crippen LogP contribution >= 0.6 is 0 Å². The average molecular weight is 806 g/mol. The first kappa shape index (κ1) is 52.5. The molecule has 0 aliphatic carbocycles. The zero-order valence-electron chi connectivity index (χ0n) is 39.0. The summed E-state index contributed by atoms with van der Waals surface area (Å²) in [6, 6.07) is 6.32. The molecule has 0 bridgehead atoms. The Morgan fingerprint density at radius 1 is 0.741 bits per heavy atom. The summed E-state index contributed by atoms with van der Waals surface area (Å²) in [5, 5.41) is 8.31. The number of nitrogens with zero attached hydrogens (tertiary/aromatic N) is 7. The number of fused-ring (bicyclic) bond motifs is 1. The molecule has 0 saturated carbocycles. The summed E-state index contributed by atoms with van der Waals surface area (Å²) < 4.78 is 1.91. The Kier molecular flexibility index (Phi) is 21.6. The number of benzene rings is 1. The van der Waals surface area contributed by atoms with E-state index in [-0.39, 0.29) is 36.5 Å². The maximum absolute atomic E-state index is 11.6. The van der Waals surface area contributed by atoms with Gasteiger partial charge in [0.15, 0.2) is 0 Å². The van der Waals surface area contributed by atoms with E-state index in [0.29, 0.717) is 41.8 Å². The topological polar surface area (TPSA) is 114 Å². The molecular weight excluding hydrogens is 723 g/mol. The van der Waals surface area contributed by atoms with Crippen molar-refractivity contribution >= 4 is 28.6 Å². The van der Waals surface area contributed by atoms with Crippen LogP contribution in [-0.2, 0) is 47.1 Å². The fourth-order valence-corrected chi connectivity index (χ4v) is 7.14. The summed E-state index contributed by atoms with van der Waals surface area (Å²) in [7, 11) is 5.65. The largest absolute Gasteiger partial charge is 0.306 e. The third-order valence-electron chi connectivity index (χ3n) is 10.5. The summed E-state index contributed by atoms with van der Waals surface area (Å²) in [5.74, 6) is 3.35. The summed E-state index contributed by atoms with van der Waals surface area (Å²) in [4.78, 5) is 47.4. The molecule has 0 N–H and O–H groups in total. The van der Waals surface area contributed by atoms with Crippen LogP contribution in [0.5, 0.6) is 0 Å². The number of ketones is 1. The zero-order valence-corrected chi connectivity index (χ0v) is 39.0. The Balaban J connectivity index is 0.000000392. The lowest BCUT2D eigenvalue weighted by Gasteiger charge is -2.28. The van der Waals surface area contributed by atoms with Gasteiger partial charge in [-0.1, -0.05) is 109 Å². The Labute approximate surface area is 353 Å². The first-order valence-corrected chi connectivity index (χ1v) is 21.6. The predicted molar refractivity (Wildman–Crippen MR) is 242 cm³/mol. The number of hydrogen-bond donors (Lipinski definition) is 0. The second kappa shape index (κ2) is 23.9. The summed E-state index contributed by atoms with van der Waals surface area (Å²) >= 11 is 0. The van der Waals surface area contributed by atoms with Crippen molar-refractivity contribution < 1.29 is 14.4 Å². The van der Waals surface area contributed by atoms with Gasteiger partial charge in [-0.25, -0.2) is 9.97 Å². The van der Waals surface area contributed by atoms with Gasteiger partial charge in [0, 0.05) is 32.4 Å². The second-order valence-electron chi connectivity index (χ2n) is 19.7. The number of hydrogen-bond acceptors (Lipinski definition) is 8. The first-order chi connectivity index (χ1) is 26.4. The van der Waals surface area contributed by atoms with E-state index >= 15 is 0 Å². The highest BCUT2D eigenvalue weighted by Crippen LogP contribution is 2.34. The highest BCUT2D eigenvalue weighted by atomic mass is 16.2. The van der Waals surface area contributed by atoms with Crippen LogP contribution in [0.25, 0.3) is 11.0 Å². The highest BCUT2D eigenvalue weighted by Gasteiger charge is 2.42. The lowest BCUT2D eigenvalue weighted by atomic mass is 9.80. The smallest absolute Gasteiger partial charge is 0.233 e. The molecule has 2 aliphatic rings. The van der Waals surface area contributed by atoms with Gasteiger partial charge in [-0.15, -0.1) is 5.10 Å². The maximum atomic E-state index is 11.6. The quantitative estimate of drug-likeness (QED) is 0.186. The molecule has 2 amide bonds. The molecule has 2 saturated heterocycles. The van der Waals surface area contributed by atoms with Gasteiger partial charge in [-0.3, -0.25) is 24.0 Å². The molecule has 1 atom stereocenters. The monoisotopic (exact) mass is 806 g/mol. The molecule has 328 valence electrons. The Hall–Kier alpha value is -3.53. The number of aromatic nitrogens is 5. The van der Waals surface area contributed by atoms with E-state index in [0.717, 1.165) is 62.6 Å². The van der Waals surface area contributed by atoms with Crippen LogP contribution in [0.15, 0.2) is 18.2 Å². The van der Waals surface area contributed by atoms with Crippen LogP contribution in [0, 0.1) is 53.8 Å². The minimum atomic E-state index is -0.130. The lowest BCUT2D eigenvalue weighted by Crippen LogP contribution is -2.34. The number of amides is 2. The van der Waals surface area contributed by atoms with Crippen molar-refractivity contribution in [1.29, 1.82) is 0 Å². The molecule has 5 rings (SSSR count). The Morgan fingerprint density at radius 2 is 1.22 bits per heavy atom. The molecule has 58 heavy (non-hydrogen) atoms.